The third-order valence-corrected chi connectivity index (χ3v) is 11.6. The predicted molar refractivity (Wildman–Crippen MR) is 208 cm³/mol. The third-order valence-electron chi connectivity index (χ3n) is 10.7. The van der Waals surface area contributed by atoms with Crippen LogP contribution in [0.5, 0.6) is 0 Å². The van der Waals surface area contributed by atoms with Crippen LogP contribution in [0.4, 0.5) is 5.69 Å². The normalized spacial score (nSPS) is 17.9. The highest BCUT2D eigenvalue weighted by Gasteiger charge is 2.37. The molecule has 0 radical (unpaired) electrons. The van der Waals surface area contributed by atoms with Gasteiger partial charge in [0.25, 0.3) is 5.91 Å². The number of anilines is 1. The van der Waals surface area contributed by atoms with Gasteiger partial charge in [0.2, 0.25) is 0 Å². The molecule has 6 aromatic rings. The van der Waals surface area contributed by atoms with Gasteiger partial charge in [0.15, 0.2) is 5.82 Å². The Bertz CT molecular complexity index is 2480. The second-order valence-corrected chi connectivity index (χ2v) is 15.1. The van der Waals surface area contributed by atoms with E-state index in [0.29, 0.717) is 36.1 Å². The highest BCUT2D eigenvalue weighted by Crippen LogP contribution is 2.45. The van der Waals surface area contributed by atoms with Crippen molar-refractivity contribution in [3.05, 3.63) is 92.8 Å². The Balaban J connectivity index is 1.23. The lowest BCUT2D eigenvalue weighted by atomic mass is 9.98. The van der Waals surface area contributed by atoms with Gasteiger partial charge in [-0.15, -0.1) is 0 Å². The van der Waals surface area contributed by atoms with E-state index in [9.17, 15) is 0 Å². The molecule has 12 heteroatoms. The molecule has 10 nitrogen and oxygen atoms in total. The standard InChI is InChI=1S/C40H42Cl2N8O2/c1-21-15-27(16-22(2)36(21)42)52-14-8-9-28-29-11-12-31(41)35(34-24(4)45-48(7)25(34)5)37(29)50-23(3)19-49(40(51)38(28)50)33-18-43-32-13-10-26(17-30(32)33)39-44-20-47(6)46-39/h10-13,15,17-18,20,23,27,43H,8-9,14,16,19H2,1-7H3/t23-,27?/m1/s1. The fourth-order valence-corrected chi connectivity index (χ4v) is 8.57. The van der Waals surface area contributed by atoms with Crippen molar-refractivity contribution >= 4 is 56.6 Å². The average molecular weight is 738 g/mol. The minimum Gasteiger partial charge on any atom is -0.374 e. The molecule has 0 fully saturated rings. The van der Waals surface area contributed by atoms with Crippen molar-refractivity contribution in [1.82, 2.24) is 34.1 Å². The first-order valence-electron chi connectivity index (χ1n) is 17.7. The second-order valence-electron chi connectivity index (χ2n) is 14.3. The molecule has 8 rings (SSSR count). The molecule has 4 aromatic heterocycles. The minimum atomic E-state index is -0.0600. The van der Waals surface area contributed by atoms with Crippen molar-refractivity contribution in [2.45, 2.75) is 66.0 Å². The fraction of sp³-hybridized carbons (Fsp3) is 0.350. The van der Waals surface area contributed by atoms with Crippen LogP contribution in [0.1, 0.15) is 67.1 Å². The molecule has 1 unspecified atom stereocenters. The van der Waals surface area contributed by atoms with Gasteiger partial charge in [0, 0.05) is 83.2 Å². The van der Waals surface area contributed by atoms with Crippen LogP contribution in [-0.2, 0) is 25.3 Å². The molecule has 5 heterocycles. The first kappa shape index (κ1) is 34.4. The Labute approximate surface area is 312 Å². The first-order chi connectivity index (χ1) is 24.9. The van der Waals surface area contributed by atoms with Gasteiger partial charge in [-0.2, -0.15) is 10.2 Å². The lowest BCUT2D eigenvalue weighted by molar-refractivity contribution is 0.0820. The molecule has 2 aliphatic rings. The number of aromatic nitrogens is 7. The summed E-state index contributed by atoms with van der Waals surface area (Å²) in [6.07, 6.45) is 7.89. The van der Waals surface area contributed by atoms with Crippen LogP contribution in [0.15, 0.2) is 65.1 Å². The number of carbonyl (C=O) groups is 1. The van der Waals surface area contributed by atoms with Crippen molar-refractivity contribution in [3.63, 3.8) is 0 Å². The zero-order chi connectivity index (χ0) is 36.6. The zero-order valence-corrected chi connectivity index (χ0v) is 32.0. The molecule has 1 amide bonds. The average Bonchev–Trinajstić information content (AvgIpc) is 3.87. The van der Waals surface area contributed by atoms with E-state index < -0.39 is 0 Å². The Hall–Kier alpha value is -4.64. The Morgan fingerprint density at radius 2 is 1.83 bits per heavy atom. The van der Waals surface area contributed by atoms with E-state index in [1.165, 1.54) is 0 Å². The van der Waals surface area contributed by atoms with Crippen molar-refractivity contribution in [2.75, 3.05) is 18.1 Å². The molecule has 0 bridgehead atoms. The van der Waals surface area contributed by atoms with Crippen LogP contribution in [0.2, 0.25) is 5.02 Å². The van der Waals surface area contributed by atoms with E-state index in [0.717, 1.165) is 90.2 Å². The summed E-state index contributed by atoms with van der Waals surface area (Å²) >= 11 is 13.6. The van der Waals surface area contributed by atoms with Crippen LogP contribution in [0, 0.1) is 13.8 Å². The van der Waals surface area contributed by atoms with Gasteiger partial charge in [-0.1, -0.05) is 40.9 Å². The second kappa shape index (κ2) is 13.1. The quantitative estimate of drug-likeness (QED) is 0.157. The van der Waals surface area contributed by atoms with Crippen molar-refractivity contribution < 1.29 is 9.53 Å². The van der Waals surface area contributed by atoms with E-state index in [-0.39, 0.29) is 18.1 Å². The smallest absolute Gasteiger partial charge is 0.275 e. The molecule has 0 spiro atoms. The lowest BCUT2D eigenvalue weighted by Crippen LogP contribution is -2.42. The number of amides is 1. The van der Waals surface area contributed by atoms with Gasteiger partial charge >= 0.3 is 0 Å². The van der Waals surface area contributed by atoms with Crippen LogP contribution in [0.25, 0.3) is 44.3 Å². The number of nitrogens with one attached hydrogen (secondary N) is 1. The number of halogens is 2. The van der Waals surface area contributed by atoms with Gasteiger partial charge in [-0.25, -0.2) is 4.98 Å². The number of benzene rings is 2. The van der Waals surface area contributed by atoms with E-state index in [1.54, 1.807) is 11.0 Å². The molecule has 268 valence electrons. The number of carbonyl (C=O) groups excluding carboxylic acids is 1. The number of aryl methyl sites for hydroxylation is 4. The molecule has 1 aliphatic heterocycles. The van der Waals surface area contributed by atoms with Gasteiger partial charge in [0.05, 0.1) is 28.0 Å². The molecule has 52 heavy (non-hydrogen) atoms. The predicted octanol–water partition coefficient (Wildman–Crippen LogP) is 8.99. The number of aromatic amines is 1. The van der Waals surface area contributed by atoms with Gasteiger partial charge in [-0.05, 0) is 89.3 Å². The summed E-state index contributed by atoms with van der Waals surface area (Å²) in [5.74, 6) is 0.591. The molecule has 2 aromatic carbocycles. The molecule has 1 aliphatic carbocycles. The topological polar surface area (TPSA) is 98.8 Å². The largest absolute Gasteiger partial charge is 0.374 e. The summed E-state index contributed by atoms with van der Waals surface area (Å²) in [6, 6.07) is 10.1. The van der Waals surface area contributed by atoms with E-state index in [2.05, 4.69) is 58.6 Å². The fourth-order valence-electron chi connectivity index (χ4n) is 8.18. The molecule has 2 atom stereocenters. The maximum Gasteiger partial charge on any atom is 0.275 e. The van der Waals surface area contributed by atoms with Crippen LogP contribution < -0.4 is 4.90 Å². The van der Waals surface area contributed by atoms with Crippen LogP contribution in [0.3, 0.4) is 0 Å². The minimum absolute atomic E-state index is 0.0191. The summed E-state index contributed by atoms with van der Waals surface area (Å²) in [6.45, 7) is 11.4. The number of ether oxygens (including phenoxy) is 1. The number of hydrogen-bond donors (Lipinski definition) is 1. The zero-order valence-electron chi connectivity index (χ0n) is 30.5. The number of nitrogens with zero attached hydrogens (tertiary/aromatic N) is 7. The third kappa shape index (κ3) is 5.59. The monoisotopic (exact) mass is 736 g/mol. The maximum absolute atomic E-state index is 15.1. The number of hydrogen-bond acceptors (Lipinski definition) is 5. The van der Waals surface area contributed by atoms with Gasteiger partial charge in [-0.3, -0.25) is 14.2 Å². The van der Waals surface area contributed by atoms with Crippen LogP contribution >= 0.6 is 23.2 Å². The number of fused-ring (bicyclic) bond motifs is 4. The summed E-state index contributed by atoms with van der Waals surface area (Å²) in [4.78, 5) is 24.8. The molecular formula is C40H42Cl2N8O2. The molecule has 1 N–H and O–H groups in total. The summed E-state index contributed by atoms with van der Waals surface area (Å²) in [5, 5.41) is 12.7. The Morgan fingerprint density at radius 1 is 1.02 bits per heavy atom. The lowest BCUT2D eigenvalue weighted by Gasteiger charge is -2.34. The van der Waals surface area contributed by atoms with Gasteiger partial charge < -0.3 is 19.2 Å². The van der Waals surface area contributed by atoms with E-state index in [4.69, 9.17) is 33.0 Å². The van der Waals surface area contributed by atoms with Gasteiger partial charge in [0.1, 0.15) is 12.0 Å². The highest BCUT2D eigenvalue weighted by atomic mass is 35.5. The molecule has 0 saturated carbocycles. The van der Waals surface area contributed by atoms with Crippen molar-refractivity contribution in [2.24, 2.45) is 14.1 Å². The Morgan fingerprint density at radius 3 is 2.54 bits per heavy atom. The first-order valence-corrected chi connectivity index (χ1v) is 18.5. The Kier molecular flexibility index (Phi) is 8.67. The maximum atomic E-state index is 15.1. The van der Waals surface area contributed by atoms with Crippen molar-refractivity contribution in [3.8, 4) is 22.5 Å². The number of H-pyrrole nitrogens is 1. The molecular weight excluding hydrogens is 695 g/mol. The van der Waals surface area contributed by atoms with E-state index in [1.807, 2.05) is 61.9 Å². The van der Waals surface area contributed by atoms with Crippen LogP contribution in [-0.4, -0.2) is 59.3 Å². The SMILES string of the molecule is CC1=CC(OCCCc2c3n(c4c(-c5c(C)nn(C)c5C)c(Cl)ccc24)[C@H](C)CN(c2c[nH]c4ccc(-c5ncn(C)n5)cc24)C3=O)CC(C)=C1Cl. The summed E-state index contributed by atoms with van der Waals surface area (Å²) in [5.41, 5.74) is 11.4. The summed E-state index contributed by atoms with van der Waals surface area (Å²) < 4.78 is 12.2. The number of rotatable bonds is 8. The highest BCUT2D eigenvalue weighted by molar-refractivity contribution is 6.35. The van der Waals surface area contributed by atoms with E-state index >= 15 is 4.79 Å². The van der Waals surface area contributed by atoms with Crippen molar-refractivity contribution in [1.29, 1.82) is 0 Å². The summed E-state index contributed by atoms with van der Waals surface area (Å²) in [7, 11) is 3.80. The number of allylic oxidation sites excluding steroid dienone is 2. The molecule has 0 saturated heterocycles.